The van der Waals surface area contributed by atoms with E-state index in [4.69, 9.17) is 0 Å². The second-order valence-electron chi connectivity index (χ2n) is 3.49. The number of hydrogen-bond acceptors (Lipinski definition) is 1. The highest BCUT2D eigenvalue weighted by Crippen LogP contribution is 2.25. The largest absolute Gasteiger partial charge is 0.269 e. The summed E-state index contributed by atoms with van der Waals surface area (Å²) in [4.78, 5) is 3.96. The number of nitrogens with zero attached hydrogens (tertiary/aromatic N) is 1. The van der Waals surface area contributed by atoms with E-state index in [1.54, 1.807) is 0 Å². The summed E-state index contributed by atoms with van der Waals surface area (Å²) < 4.78 is 0. The lowest BCUT2D eigenvalue weighted by Crippen LogP contribution is -2.06. The van der Waals surface area contributed by atoms with Crippen molar-refractivity contribution in [2.75, 3.05) is 0 Å². The van der Waals surface area contributed by atoms with E-state index in [-0.39, 0.29) is 5.41 Å². The molecule has 62 valence electrons. The van der Waals surface area contributed by atoms with Gasteiger partial charge < -0.3 is 0 Å². The van der Waals surface area contributed by atoms with E-state index in [0.717, 1.165) is 5.70 Å². The van der Waals surface area contributed by atoms with E-state index in [2.05, 4.69) is 32.5 Å². The molecule has 0 aromatic rings. The standard InChI is InChI=1S/C10H17N/c1-6-7-8-9(11-5)10(2,3)4/h6-8H,5H2,1-4H3/b7-6-,9-8-. The smallest absolute Gasteiger partial charge is 0.0449 e. The lowest BCUT2D eigenvalue weighted by molar-refractivity contribution is 0.499. The van der Waals surface area contributed by atoms with Gasteiger partial charge in [0.15, 0.2) is 0 Å². The number of allylic oxidation sites excluding steroid dienone is 4. The number of hydrogen-bond donors (Lipinski definition) is 0. The molecule has 0 aliphatic carbocycles. The Balaban J connectivity index is 4.53. The molecule has 0 bridgehead atoms. The van der Waals surface area contributed by atoms with Gasteiger partial charge in [-0.25, -0.2) is 0 Å². The summed E-state index contributed by atoms with van der Waals surface area (Å²) in [5.74, 6) is 0. The molecule has 11 heavy (non-hydrogen) atoms. The lowest BCUT2D eigenvalue weighted by Gasteiger charge is -2.17. The van der Waals surface area contributed by atoms with Gasteiger partial charge in [-0.1, -0.05) is 32.9 Å². The first-order valence-electron chi connectivity index (χ1n) is 3.82. The molecule has 1 nitrogen and oxygen atoms in total. The maximum atomic E-state index is 3.96. The second kappa shape index (κ2) is 4.12. The summed E-state index contributed by atoms with van der Waals surface area (Å²) in [5, 5.41) is 0. The van der Waals surface area contributed by atoms with Crippen LogP contribution in [0.4, 0.5) is 0 Å². The van der Waals surface area contributed by atoms with Gasteiger partial charge in [-0.2, -0.15) is 0 Å². The van der Waals surface area contributed by atoms with Gasteiger partial charge in [-0.15, -0.1) is 0 Å². The van der Waals surface area contributed by atoms with Crippen molar-refractivity contribution in [2.24, 2.45) is 10.4 Å². The maximum Gasteiger partial charge on any atom is 0.0449 e. The summed E-state index contributed by atoms with van der Waals surface area (Å²) in [6.45, 7) is 11.9. The minimum absolute atomic E-state index is 0.0985. The van der Waals surface area contributed by atoms with Gasteiger partial charge in [-0.3, -0.25) is 4.99 Å². The zero-order valence-corrected chi connectivity index (χ0v) is 7.89. The minimum atomic E-state index is 0.0985. The zero-order chi connectivity index (χ0) is 8.91. The van der Waals surface area contributed by atoms with Crippen LogP contribution >= 0.6 is 0 Å². The van der Waals surface area contributed by atoms with E-state index in [1.165, 1.54) is 0 Å². The van der Waals surface area contributed by atoms with Crippen molar-refractivity contribution in [1.82, 2.24) is 0 Å². The SMILES string of the molecule is C=N/C(=C\C=C/C)C(C)(C)C. The third-order valence-corrected chi connectivity index (χ3v) is 1.39. The average molecular weight is 151 g/mol. The Morgan fingerprint density at radius 1 is 1.36 bits per heavy atom. The molecule has 0 aromatic carbocycles. The number of aliphatic imine (C=N–C) groups is 1. The lowest BCUT2D eigenvalue weighted by atomic mass is 9.92. The predicted octanol–water partition coefficient (Wildman–Crippen LogP) is 3.19. The molecule has 0 saturated carbocycles. The Morgan fingerprint density at radius 2 is 1.91 bits per heavy atom. The fraction of sp³-hybridized carbons (Fsp3) is 0.500. The fourth-order valence-corrected chi connectivity index (χ4v) is 0.727. The zero-order valence-electron chi connectivity index (χ0n) is 7.89. The molecule has 0 atom stereocenters. The summed E-state index contributed by atoms with van der Waals surface area (Å²) >= 11 is 0. The Morgan fingerprint density at radius 3 is 2.18 bits per heavy atom. The van der Waals surface area contributed by atoms with Crippen molar-refractivity contribution < 1.29 is 0 Å². The molecule has 0 saturated heterocycles. The molecular weight excluding hydrogens is 134 g/mol. The van der Waals surface area contributed by atoms with Gasteiger partial charge in [0, 0.05) is 11.1 Å². The molecule has 1 heteroatoms. The molecule has 0 aliphatic heterocycles. The van der Waals surface area contributed by atoms with E-state index < -0.39 is 0 Å². The van der Waals surface area contributed by atoms with Crippen LogP contribution in [0.3, 0.4) is 0 Å². The predicted molar refractivity (Wildman–Crippen MR) is 51.9 cm³/mol. The molecule has 0 spiro atoms. The van der Waals surface area contributed by atoms with E-state index >= 15 is 0 Å². The van der Waals surface area contributed by atoms with E-state index in [1.807, 2.05) is 25.2 Å². The monoisotopic (exact) mass is 151 g/mol. The van der Waals surface area contributed by atoms with Crippen molar-refractivity contribution in [2.45, 2.75) is 27.7 Å². The van der Waals surface area contributed by atoms with Crippen LogP contribution in [0.25, 0.3) is 0 Å². The minimum Gasteiger partial charge on any atom is -0.269 e. The number of rotatable bonds is 2. The summed E-state index contributed by atoms with van der Waals surface area (Å²) in [7, 11) is 0. The Hall–Kier alpha value is -0.850. The Bertz CT molecular complexity index is 180. The van der Waals surface area contributed by atoms with Crippen LogP contribution in [0.5, 0.6) is 0 Å². The van der Waals surface area contributed by atoms with Crippen molar-refractivity contribution >= 4 is 6.72 Å². The average Bonchev–Trinajstić information content (AvgIpc) is 1.87. The molecule has 0 aliphatic rings. The molecule has 0 amide bonds. The van der Waals surface area contributed by atoms with E-state index in [9.17, 15) is 0 Å². The Labute approximate surface area is 69.5 Å². The van der Waals surface area contributed by atoms with Gasteiger partial charge in [-0.05, 0) is 19.7 Å². The molecule has 0 radical (unpaired) electrons. The third-order valence-electron chi connectivity index (χ3n) is 1.39. The van der Waals surface area contributed by atoms with Crippen LogP contribution < -0.4 is 0 Å². The van der Waals surface area contributed by atoms with Crippen LogP contribution in [0.1, 0.15) is 27.7 Å². The van der Waals surface area contributed by atoms with Gasteiger partial charge in [0.2, 0.25) is 0 Å². The normalized spacial score (nSPS) is 14.0. The highest BCUT2D eigenvalue weighted by atomic mass is 14.7. The van der Waals surface area contributed by atoms with Gasteiger partial charge >= 0.3 is 0 Å². The second-order valence-corrected chi connectivity index (χ2v) is 3.49. The molecule has 0 heterocycles. The first-order chi connectivity index (χ1) is 5.02. The molecule has 0 N–H and O–H groups in total. The highest BCUT2D eigenvalue weighted by Gasteiger charge is 2.14. The molecule has 0 aromatic heterocycles. The van der Waals surface area contributed by atoms with Crippen LogP contribution in [-0.2, 0) is 0 Å². The van der Waals surface area contributed by atoms with Crippen LogP contribution in [0, 0.1) is 5.41 Å². The molecule has 0 rings (SSSR count). The van der Waals surface area contributed by atoms with Crippen molar-refractivity contribution in [1.29, 1.82) is 0 Å². The highest BCUT2D eigenvalue weighted by molar-refractivity contribution is 5.32. The molecule has 0 fully saturated rings. The van der Waals surface area contributed by atoms with Gasteiger partial charge in [0.1, 0.15) is 0 Å². The Kier molecular flexibility index (Phi) is 3.80. The first kappa shape index (κ1) is 10.2. The van der Waals surface area contributed by atoms with E-state index in [0.29, 0.717) is 0 Å². The van der Waals surface area contributed by atoms with Crippen molar-refractivity contribution in [3.05, 3.63) is 23.9 Å². The summed E-state index contributed by atoms with van der Waals surface area (Å²) in [6.07, 6.45) is 5.96. The van der Waals surface area contributed by atoms with Crippen LogP contribution in [0.15, 0.2) is 28.9 Å². The quantitative estimate of drug-likeness (QED) is 0.424. The first-order valence-corrected chi connectivity index (χ1v) is 3.82. The summed E-state index contributed by atoms with van der Waals surface area (Å²) in [6, 6.07) is 0. The van der Waals surface area contributed by atoms with Crippen LogP contribution in [0.2, 0.25) is 0 Å². The van der Waals surface area contributed by atoms with Crippen molar-refractivity contribution in [3.63, 3.8) is 0 Å². The maximum absolute atomic E-state index is 3.96. The fourth-order valence-electron chi connectivity index (χ4n) is 0.727. The topological polar surface area (TPSA) is 12.4 Å². The van der Waals surface area contributed by atoms with Crippen LogP contribution in [-0.4, -0.2) is 6.72 Å². The van der Waals surface area contributed by atoms with Gasteiger partial charge in [0.05, 0.1) is 0 Å². The molecular formula is C10H17N. The molecule has 0 unspecified atom stereocenters. The van der Waals surface area contributed by atoms with Gasteiger partial charge in [0.25, 0.3) is 0 Å². The summed E-state index contributed by atoms with van der Waals surface area (Å²) in [5.41, 5.74) is 1.12. The van der Waals surface area contributed by atoms with Crippen molar-refractivity contribution in [3.8, 4) is 0 Å². The third kappa shape index (κ3) is 3.76.